The second-order valence-electron chi connectivity index (χ2n) is 6.61. The highest BCUT2D eigenvalue weighted by atomic mass is 35.5. The van der Waals surface area contributed by atoms with E-state index in [-0.39, 0.29) is 18.1 Å². The quantitative estimate of drug-likeness (QED) is 0.314. The van der Waals surface area contributed by atoms with E-state index < -0.39 is 0 Å². The number of likely N-dealkylation sites (N-methyl/N-ethyl adjacent to an activating group) is 1. The van der Waals surface area contributed by atoms with Crippen molar-refractivity contribution >= 4 is 35.2 Å². The number of amides is 1. The summed E-state index contributed by atoms with van der Waals surface area (Å²) in [5, 5.41) is 10.3. The van der Waals surface area contributed by atoms with Crippen LogP contribution in [-0.2, 0) is 17.8 Å². The summed E-state index contributed by atoms with van der Waals surface area (Å²) >= 11 is 12.0. The second kappa shape index (κ2) is 10.7. The first-order valence-electron chi connectivity index (χ1n) is 9.02. The van der Waals surface area contributed by atoms with Crippen molar-refractivity contribution in [2.45, 2.75) is 13.0 Å². The number of ether oxygens (including phenoxy) is 2. The third-order valence-electron chi connectivity index (χ3n) is 4.17. The third kappa shape index (κ3) is 5.79. The molecule has 0 spiro atoms. The normalized spacial score (nSPS) is 10.9. The smallest absolute Gasteiger partial charge is 0.264 e. The molecule has 5 nitrogen and oxygen atoms in total. The number of carbonyl (C=O) groups is 1. The van der Waals surface area contributed by atoms with Gasteiger partial charge in [0.05, 0.1) is 17.2 Å². The number of allylic oxidation sites excluding steroid dienone is 1. The van der Waals surface area contributed by atoms with Crippen molar-refractivity contribution in [3.8, 4) is 17.6 Å². The van der Waals surface area contributed by atoms with Gasteiger partial charge in [-0.25, -0.2) is 0 Å². The molecule has 0 aliphatic heterocycles. The summed E-state index contributed by atoms with van der Waals surface area (Å²) in [6.07, 6.45) is 3.78. The van der Waals surface area contributed by atoms with Gasteiger partial charge in [-0.15, -0.1) is 6.58 Å². The lowest BCUT2D eigenvalue weighted by molar-refractivity contribution is -0.124. The molecule has 0 atom stereocenters. The average Bonchev–Trinajstić information content (AvgIpc) is 2.72. The van der Waals surface area contributed by atoms with Gasteiger partial charge in [0.25, 0.3) is 5.91 Å². The summed E-state index contributed by atoms with van der Waals surface area (Å²) in [6.45, 7) is 4.05. The first-order chi connectivity index (χ1) is 14.3. The fourth-order valence-electron chi connectivity index (χ4n) is 2.72. The number of nitrogens with zero attached hydrogens (tertiary/aromatic N) is 2. The van der Waals surface area contributed by atoms with E-state index in [9.17, 15) is 10.1 Å². The van der Waals surface area contributed by atoms with Crippen LogP contribution in [-0.4, -0.2) is 32.0 Å². The van der Waals surface area contributed by atoms with Gasteiger partial charge in [-0.05, 0) is 47.9 Å². The van der Waals surface area contributed by atoms with Gasteiger partial charge >= 0.3 is 0 Å². The highest BCUT2D eigenvalue weighted by Crippen LogP contribution is 2.35. The number of methoxy groups -OCH3 is 1. The van der Waals surface area contributed by atoms with Gasteiger partial charge in [0.2, 0.25) is 0 Å². The molecule has 1 amide bonds. The lowest BCUT2D eigenvalue weighted by atomic mass is 10.0. The first kappa shape index (κ1) is 23.3. The Morgan fingerprint density at radius 1 is 1.23 bits per heavy atom. The van der Waals surface area contributed by atoms with E-state index in [1.807, 2.05) is 18.2 Å². The second-order valence-corrected chi connectivity index (χ2v) is 7.43. The molecule has 0 saturated carbocycles. The fourth-order valence-corrected chi connectivity index (χ4v) is 3.04. The number of halogens is 2. The predicted octanol–water partition coefficient (Wildman–Crippen LogP) is 5.30. The van der Waals surface area contributed by atoms with Crippen LogP contribution in [0, 0.1) is 11.3 Å². The molecular formula is C23H22Cl2N2O3. The van der Waals surface area contributed by atoms with Crippen molar-refractivity contribution < 1.29 is 14.3 Å². The monoisotopic (exact) mass is 444 g/mol. The van der Waals surface area contributed by atoms with Crippen molar-refractivity contribution in [1.82, 2.24) is 4.90 Å². The number of hydrogen-bond acceptors (Lipinski definition) is 4. The molecule has 0 aliphatic carbocycles. The molecule has 0 aromatic heterocycles. The first-order valence-corrected chi connectivity index (χ1v) is 9.78. The molecule has 0 bridgehead atoms. The van der Waals surface area contributed by atoms with Gasteiger partial charge in [0.15, 0.2) is 11.5 Å². The minimum atomic E-state index is -0.373. The Morgan fingerprint density at radius 2 is 1.97 bits per heavy atom. The van der Waals surface area contributed by atoms with Crippen LogP contribution in [0.3, 0.4) is 0 Å². The van der Waals surface area contributed by atoms with Gasteiger partial charge < -0.3 is 14.4 Å². The Bertz CT molecular complexity index is 1020. The molecule has 0 fully saturated rings. The maximum absolute atomic E-state index is 12.2. The fraction of sp³-hybridized carbons (Fsp3) is 0.217. The molecule has 2 aromatic rings. The van der Waals surface area contributed by atoms with E-state index in [1.165, 1.54) is 18.1 Å². The van der Waals surface area contributed by atoms with Gasteiger partial charge in [-0.2, -0.15) is 5.26 Å². The zero-order valence-corrected chi connectivity index (χ0v) is 18.5. The van der Waals surface area contributed by atoms with Gasteiger partial charge in [0.1, 0.15) is 18.2 Å². The Labute approximate surface area is 186 Å². The highest BCUT2D eigenvalue weighted by molar-refractivity contribution is 6.42. The zero-order chi connectivity index (χ0) is 22.3. The Hall–Kier alpha value is -2.94. The summed E-state index contributed by atoms with van der Waals surface area (Å²) in [4.78, 5) is 13.5. The number of benzene rings is 2. The summed E-state index contributed by atoms with van der Waals surface area (Å²) in [5.74, 6) is 0.662. The zero-order valence-electron chi connectivity index (χ0n) is 17.0. The molecule has 0 radical (unpaired) electrons. The lowest BCUT2D eigenvalue weighted by Crippen LogP contribution is -2.22. The SMILES string of the molecule is C=CCc1cc(/C=C(/C#N)C(=O)N(C)C)cc(OC)c1OCc1ccc(Cl)c(Cl)c1. The number of carbonyl (C=O) groups excluding carboxylic acids is 1. The minimum absolute atomic E-state index is 0.0241. The molecule has 30 heavy (non-hydrogen) atoms. The van der Waals surface area contributed by atoms with E-state index in [2.05, 4.69) is 6.58 Å². The van der Waals surface area contributed by atoms with E-state index in [4.69, 9.17) is 32.7 Å². The van der Waals surface area contributed by atoms with Crippen molar-refractivity contribution in [2.75, 3.05) is 21.2 Å². The largest absolute Gasteiger partial charge is 0.493 e. The van der Waals surface area contributed by atoms with E-state index in [0.717, 1.165) is 11.1 Å². The Morgan fingerprint density at radius 3 is 2.53 bits per heavy atom. The maximum atomic E-state index is 12.2. The standard InChI is InChI=1S/C23H22Cl2N2O3/c1-5-6-17-9-16(10-18(13-26)23(28)27(2)3)12-21(29-4)22(17)30-14-15-7-8-19(24)20(25)11-15/h5,7-12H,1,6,14H2,2-4H3/b18-10-. The van der Waals surface area contributed by atoms with E-state index in [0.29, 0.717) is 33.5 Å². The molecule has 0 aliphatic rings. The molecule has 7 heteroatoms. The van der Waals surface area contributed by atoms with Gasteiger partial charge in [0, 0.05) is 19.7 Å². The minimum Gasteiger partial charge on any atom is -0.493 e. The van der Waals surface area contributed by atoms with Gasteiger partial charge in [-0.1, -0.05) is 35.3 Å². The number of rotatable bonds is 8. The topological polar surface area (TPSA) is 62.6 Å². The van der Waals surface area contributed by atoms with Crippen LogP contribution in [0.5, 0.6) is 11.5 Å². The summed E-state index contributed by atoms with van der Waals surface area (Å²) in [7, 11) is 4.72. The summed E-state index contributed by atoms with van der Waals surface area (Å²) < 4.78 is 11.5. The summed E-state index contributed by atoms with van der Waals surface area (Å²) in [6, 6.07) is 10.8. The molecule has 0 unspecified atom stereocenters. The van der Waals surface area contributed by atoms with Crippen molar-refractivity contribution in [2.24, 2.45) is 0 Å². The van der Waals surface area contributed by atoms with Crippen molar-refractivity contribution in [1.29, 1.82) is 5.26 Å². The summed E-state index contributed by atoms with van der Waals surface area (Å²) in [5.41, 5.74) is 2.34. The predicted molar refractivity (Wildman–Crippen MR) is 120 cm³/mol. The molecule has 0 saturated heterocycles. The van der Waals surface area contributed by atoms with Crippen LogP contribution in [0.15, 0.2) is 48.6 Å². The molecule has 156 valence electrons. The molecule has 2 rings (SSSR count). The highest BCUT2D eigenvalue weighted by Gasteiger charge is 2.16. The molecular weight excluding hydrogens is 423 g/mol. The Kier molecular flexibility index (Phi) is 8.35. The number of hydrogen-bond donors (Lipinski definition) is 0. The van der Waals surface area contributed by atoms with Crippen molar-refractivity contribution in [3.05, 3.63) is 75.3 Å². The molecule has 0 heterocycles. The van der Waals surface area contributed by atoms with Crippen molar-refractivity contribution in [3.63, 3.8) is 0 Å². The van der Waals surface area contributed by atoms with Crippen LogP contribution in [0.2, 0.25) is 10.0 Å². The van der Waals surface area contributed by atoms with Crippen LogP contribution in [0.4, 0.5) is 0 Å². The van der Waals surface area contributed by atoms with Crippen LogP contribution in [0.25, 0.3) is 6.08 Å². The van der Waals surface area contributed by atoms with Crippen LogP contribution in [0.1, 0.15) is 16.7 Å². The van der Waals surface area contributed by atoms with E-state index >= 15 is 0 Å². The van der Waals surface area contributed by atoms with Crippen LogP contribution >= 0.6 is 23.2 Å². The molecule has 2 aromatic carbocycles. The van der Waals surface area contributed by atoms with E-state index in [1.54, 1.807) is 38.4 Å². The third-order valence-corrected chi connectivity index (χ3v) is 4.91. The lowest BCUT2D eigenvalue weighted by Gasteiger charge is -2.16. The van der Waals surface area contributed by atoms with Crippen LogP contribution < -0.4 is 9.47 Å². The molecule has 0 N–H and O–H groups in total. The Balaban J connectivity index is 2.43. The average molecular weight is 445 g/mol. The maximum Gasteiger partial charge on any atom is 0.264 e. The van der Waals surface area contributed by atoms with Gasteiger partial charge in [-0.3, -0.25) is 4.79 Å². The number of nitriles is 1.